The molecule has 0 spiro atoms. The smallest absolute Gasteiger partial charge is 0.137 e. The van der Waals surface area contributed by atoms with Crippen LogP contribution in [0, 0.1) is 5.92 Å². The molecule has 0 amide bonds. The summed E-state index contributed by atoms with van der Waals surface area (Å²) < 4.78 is 5.36. The average Bonchev–Trinajstić information content (AvgIpc) is 2.09. The second-order valence-corrected chi connectivity index (χ2v) is 4.20. The quantitative estimate of drug-likeness (QED) is 0.735. The van der Waals surface area contributed by atoms with E-state index in [0.717, 1.165) is 12.2 Å². The Labute approximate surface area is 91.0 Å². The molecule has 2 heteroatoms. The van der Waals surface area contributed by atoms with Crippen LogP contribution >= 0.6 is 11.6 Å². The third kappa shape index (κ3) is 3.22. The van der Waals surface area contributed by atoms with Crippen molar-refractivity contribution >= 4 is 11.6 Å². The molecular weight excluding hydrogens is 196 g/mol. The Hall–Kier alpha value is -0.690. The van der Waals surface area contributed by atoms with Gasteiger partial charge >= 0.3 is 0 Å². The van der Waals surface area contributed by atoms with Crippen LogP contribution < -0.4 is 4.74 Å². The molecule has 78 valence electrons. The lowest BCUT2D eigenvalue weighted by Gasteiger charge is -2.09. The van der Waals surface area contributed by atoms with Crippen molar-refractivity contribution in [3.8, 4) is 5.75 Å². The van der Waals surface area contributed by atoms with Crippen molar-refractivity contribution in [2.45, 2.75) is 27.2 Å². The molecule has 0 aliphatic heterocycles. The molecule has 0 atom stereocenters. The van der Waals surface area contributed by atoms with Gasteiger partial charge in [0.25, 0.3) is 0 Å². The summed E-state index contributed by atoms with van der Waals surface area (Å²) in [6, 6.07) is 6.02. The van der Waals surface area contributed by atoms with Crippen molar-refractivity contribution in [1.29, 1.82) is 0 Å². The van der Waals surface area contributed by atoms with Crippen LogP contribution in [0.3, 0.4) is 0 Å². The molecule has 0 aliphatic rings. The van der Waals surface area contributed by atoms with Crippen molar-refractivity contribution in [3.05, 3.63) is 28.8 Å². The predicted molar refractivity (Wildman–Crippen MR) is 61.2 cm³/mol. The van der Waals surface area contributed by atoms with E-state index in [1.54, 1.807) is 0 Å². The number of halogens is 1. The van der Waals surface area contributed by atoms with E-state index in [2.05, 4.69) is 19.9 Å². The molecule has 0 radical (unpaired) electrons. The maximum absolute atomic E-state index is 6.07. The van der Waals surface area contributed by atoms with Gasteiger partial charge in [0.05, 0.1) is 11.6 Å². The zero-order chi connectivity index (χ0) is 10.6. The van der Waals surface area contributed by atoms with Gasteiger partial charge in [-0.3, -0.25) is 0 Å². The van der Waals surface area contributed by atoms with Crippen molar-refractivity contribution in [2.75, 3.05) is 6.61 Å². The third-order valence-electron chi connectivity index (χ3n) is 1.94. The van der Waals surface area contributed by atoms with Crippen molar-refractivity contribution in [3.63, 3.8) is 0 Å². The van der Waals surface area contributed by atoms with E-state index in [9.17, 15) is 0 Å². The summed E-state index contributed by atoms with van der Waals surface area (Å²) in [5, 5.41) is 0.713. The number of benzene rings is 1. The molecule has 1 aromatic carbocycles. The molecule has 0 aliphatic carbocycles. The molecule has 0 saturated carbocycles. The van der Waals surface area contributed by atoms with Crippen LogP contribution in [0.2, 0.25) is 5.02 Å². The predicted octanol–water partition coefficient (Wildman–Crippen LogP) is 3.94. The van der Waals surface area contributed by atoms with E-state index in [-0.39, 0.29) is 0 Å². The highest BCUT2D eigenvalue weighted by molar-refractivity contribution is 6.32. The second kappa shape index (κ2) is 5.26. The molecule has 0 bridgehead atoms. The lowest BCUT2D eigenvalue weighted by atomic mass is 10.0. The Morgan fingerprint density at radius 1 is 1.36 bits per heavy atom. The van der Waals surface area contributed by atoms with E-state index in [0.29, 0.717) is 17.5 Å². The molecule has 0 unspecified atom stereocenters. The summed E-state index contributed by atoms with van der Waals surface area (Å²) in [4.78, 5) is 0. The van der Waals surface area contributed by atoms with E-state index in [1.807, 2.05) is 19.1 Å². The van der Waals surface area contributed by atoms with E-state index in [4.69, 9.17) is 16.3 Å². The highest BCUT2D eigenvalue weighted by Crippen LogP contribution is 2.26. The summed E-state index contributed by atoms with van der Waals surface area (Å²) in [6.07, 6.45) is 1.06. The van der Waals surface area contributed by atoms with Gasteiger partial charge in [0.1, 0.15) is 5.75 Å². The summed E-state index contributed by atoms with van der Waals surface area (Å²) >= 11 is 6.07. The van der Waals surface area contributed by atoms with Gasteiger partial charge in [-0.25, -0.2) is 0 Å². The van der Waals surface area contributed by atoms with Crippen LogP contribution in [0.15, 0.2) is 18.2 Å². The van der Waals surface area contributed by atoms with Crippen LogP contribution in [0.5, 0.6) is 5.75 Å². The van der Waals surface area contributed by atoms with Gasteiger partial charge < -0.3 is 4.74 Å². The van der Waals surface area contributed by atoms with Crippen LogP contribution in [0.25, 0.3) is 0 Å². The molecule has 0 N–H and O–H groups in total. The first-order valence-corrected chi connectivity index (χ1v) is 5.42. The van der Waals surface area contributed by atoms with Crippen molar-refractivity contribution in [2.24, 2.45) is 5.92 Å². The fraction of sp³-hybridized carbons (Fsp3) is 0.500. The Balaban J connectivity index is 2.78. The number of hydrogen-bond donors (Lipinski definition) is 0. The Bertz CT molecular complexity index is 294. The Morgan fingerprint density at radius 3 is 2.57 bits per heavy atom. The summed E-state index contributed by atoms with van der Waals surface area (Å²) in [5.41, 5.74) is 1.27. The van der Waals surface area contributed by atoms with Gasteiger partial charge in [-0.1, -0.05) is 31.5 Å². The minimum Gasteiger partial charge on any atom is -0.492 e. The van der Waals surface area contributed by atoms with Crippen LogP contribution in [-0.4, -0.2) is 6.61 Å². The Kier molecular flexibility index (Phi) is 4.27. The maximum Gasteiger partial charge on any atom is 0.137 e. The monoisotopic (exact) mass is 212 g/mol. The van der Waals surface area contributed by atoms with Gasteiger partial charge in [0.15, 0.2) is 0 Å². The number of hydrogen-bond acceptors (Lipinski definition) is 1. The van der Waals surface area contributed by atoms with Gasteiger partial charge in [0.2, 0.25) is 0 Å². The fourth-order valence-corrected chi connectivity index (χ4v) is 1.67. The first-order chi connectivity index (χ1) is 6.63. The first kappa shape index (κ1) is 11.4. The van der Waals surface area contributed by atoms with Crippen LogP contribution in [0.1, 0.15) is 26.3 Å². The maximum atomic E-state index is 6.07. The van der Waals surface area contributed by atoms with E-state index >= 15 is 0 Å². The average molecular weight is 213 g/mol. The largest absolute Gasteiger partial charge is 0.492 e. The summed E-state index contributed by atoms with van der Waals surface area (Å²) in [5.74, 6) is 1.44. The molecule has 1 aromatic rings. The number of ether oxygens (including phenoxy) is 1. The highest BCUT2D eigenvalue weighted by atomic mass is 35.5. The topological polar surface area (TPSA) is 9.23 Å². The Morgan fingerprint density at radius 2 is 2.07 bits per heavy atom. The van der Waals surface area contributed by atoms with Crippen molar-refractivity contribution in [1.82, 2.24) is 0 Å². The molecule has 1 rings (SSSR count). The fourth-order valence-electron chi connectivity index (χ4n) is 1.42. The normalized spacial score (nSPS) is 10.6. The molecule has 0 fully saturated rings. The second-order valence-electron chi connectivity index (χ2n) is 3.80. The van der Waals surface area contributed by atoms with Gasteiger partial charge in [-0.15, -0.1) is 0 Å². The van der Waals surface area contributed by atoms with Crippen LogP contribution in [-0.2, 0) is 6.42 Å². The minimum absolute atomic E-state index is 0.656. The molecule has 1 nitrogen and oxygen atoms in total. The van der Waals surface area contributed by atoms with E-state index in [1.165, 1.54) is 5.56 Å². The lowest BCUT2D eigenvalue weighted by Crippen LogP contribution is -1.96. The first-order valence-electron chi connectivity index (χ1n) is 5.04. The lowest BCUT2D eigenvalue weighted by molar-refractivity contribution is 0.340. The van der Waals surface area contributed by atoms with Gasteiger partial charge in [-0.2, -0.15) is 0 Å². The molecule has 0 heterocycles. The van der Waals surface area contributed by atoms with Crippen molar-refractivity contribution < 1.29 is 4.74 Å². The zero-order valence-electron chi connectivity index (χ0n) is 9.01. The zero-order valence-corrected chi connectivity index (χ0v) is 9.77. The SMILES string of the molecule is CCOc1ccc(CC(C)C)cc1Cl. The molecule has 14 heavy (non-hydrogen) atoms. The van der Waals surface area contributed by atoms with Gasteiger partial charge in [-0.05, 0) is 37.0 Å². The molecule has 0 aromatic heterocycles. The minimum atomic E-state index is 0.656. The standard InChI is InChI=1S/C12H17ClO/c1-4-14-12-6-5-10(7-9(2)3)8-11(12)13/h5-6,8-9H,4,7H2,1-3H3. The molecular formula is C12H17ClO. The molecule has 0 saturated heterocycles. The van der Waals surface area contributed by atoms with Crippen LogP contribution in [0.4, 0.5) is 0 Å². The highest BCUT2D eigenvalue weighted by Gasteiger charge is 2.03. The van der Waals surface area contributed by atoms with Gasteiger partial charge in [0, 0.05) is 0 Å². The van der Waals surface area contributed by atoms with E-state index < -0.39 is 0 Å². The number of rotatable bonds is 4. The summed E-state index contributed by atoms with van der Waals surface area (Å²) in [7, 11) is 0. The summed E-state index contributed by atoms with van der Waals surface area (Å²) in [6.45, 7) is 7.01. The third-order valence-corrected chi connectivity index (χ3v) is 2.24.